The minimum atomic E-state index is -0.165. The summed E-state index contributed by atoms with van der Waals surface area (Å²) in [6, 6.07) is 0. The third-order valence-electron chi connectivity index (χ3n) is 2.44. The summed E-state index contributed by atoms with van der Waals surface area (Å²) in [6.45, 7) is 4.01. The average molecular weight is 158 g/mol. The van der Waals surface area contributed by atoms with Gasteiger partial charge in [-0.25, -0.2) is 0 Å². The molecule has 11 heavy (non-hydrogen) atoms. The second kappa shape index (κ2) is 2.48. The summed E-state index contributed by atoms with van der Waals surface area (Å²) in [4.78, 5) is 11.1. The SMILES string of the molecule is COC(=O)[C@@H]1[C@@H](OC)C1(C)C. The third-order valence-corrected chi connectivity index (χ3v) is 2.44. The number of methoxy groups -OCH3 is 2. The Morgan fingerprint density at radius 3 is 2.18 bits per heavy atom. The predicted octanol–water partition coefficient (Wildman–Crippen LogP) is 0.830. The Balaban J connectivity index is 2.58. The van der Waals surface area contributed by atoms with Gasteiger partial charge in [-0.2, -0.15) is 0 Å². The maximum absolute atomic E-state index is 11.1. The number of hydrogen-bond donors (Lipinski definition) is 0. The summed E-state index contributed by atoms with van der Waals surface area (Å²) in [6.07, 6.45) is 0.0370. The van der Waals surface area contributed by atoms with Crippen LogP contribution in [0, 0.1) is 11.3 Å². The van der Waals surface area contributed by atoms with Crippen molar-refractivity contribution in [3.8, 4) is 0 Å². The fraction of sp³-hybridized carbons (Fsp3) is 0.875. The molecule has 0 N–H and O–H groups in total. The first-order valence-electron chi connectivity index (χ1n) is 3.66. The molecule has 1 fully saturated rings. The Morgan fingerprint density at radius 2 is 1.91 bits per heavy atom. The lowest BCUT2D eigenvalue weighted by Crippen LogP contribution is -2.08. The van der Waals surface area contributed by atoms with E-state index in [-0.39, 0.29) is 23.4 Å². The molecule has 0 saturated heterocycles. The molecule has 2 atom stereocenters. The molecular weight excluding hydrogens is 144 g/mol. The van der Waals surface area contributed by atoms with Crippen LogP contribution in [-0.2, 0) is 14.3 Å². The van der Waals surface area contributed by atoms with Crippen LogP contribution in [0.5, 0.6) is 0 Å². The van der Waals surface area contributed by atoms with Crippen LogP contribution in [0.15, 0.2) is 0 Å². The van der Waals surface area contributed by atoms with Gasteiger partial charge < -0.3 is 9.47 Å². The summed E-state index contributed by atoms with van der Waals surface area (Å²) in [5, 5.41) is 0. The van der Waals surface area contributed by atoms with Crippen molar-refractivity contribution in [2.75, 3.05) is 14.2 Å². The van der Waals surface area contributed by atoms with Crippen molar-refractivity contribution < 1.29 is 14.3 Å². The maximum Gasteiger partial charge on any atom is 0.311 e. The maximum atomic E-state index is 11.1. The molecule has 0 heterocycles. The third kappa shape index (κ3) is 1.13. The van der Waals surface area contributed by atoms with Crippen LogP contribution < -0.4 is 0 Å². The van der Waals surface area contributed by atoms with E-state index >= 15 is 0 Å². The molecule has 1 aliphatic rings. The van der Waals surface area contributed by atoms with E-state index in [9.17, 15) is 4.79 Å². The van der Waals surface area contributed by atoms with E-state index in [4.69, 9.17) is 4.74 Å². The van der Waals surface area contributed by atoms with Crippen molar-refractivity contribution in [1.29, 1.82) is 0 Å². The molecule has 0 unspecified atom stereocenters. The molecule has 0 bridgehead atoms. The van der Waals surface area contributed by atoms with Gasteiger partial charge in [-0.1, -0.05) is 13.8 Å². The Labute approximate surface area is 66.7 Å². The number of carbonyl (C=O) groups excluding carboxylic acids is 1. The zero-order valence-electron chi connectivity index (χ0n) is 7.38. The highest BCUT2D eigenvalue weighted by atomic mass is 16.5. The summed E-state index contributed by atoms with van der Waals surface area (Å²) in [5.74, 6) is -0.237. The molecule has 3 heteroatoms. The van der Waals surface area contributed by atoms with Crippen molar-refractivity contribution >= 4 is 5.97 Å². The normalized spacial score (nSPS) is 33.1. The quantitative estimate of drug-likeness (QED) is 0.558. The van der Waals surface area contributed by atoms with E-state index in [1.165, 1.54) is 7.11 Å². The molecule has 1 rings (SSSR count). The second-order valence-corrected chi connectivity index (χ2v) is 3.48. The lowest BCUT2D eigenvalue weighted by atomic mass is 10.1. The van der Waals surface area contributed by atoms with Crippen molar-refractivity contribution in [3.05, 3.63) is 0 Å². The molecule has 0 aliphatic heterocycles. The highest BCUT2D eigenvalue weighted by molar-refractivity contribution is 5.78. The fourth-order valence-electron chi connectivity index (χ4n) is 1.58. The Morgan fingerprint density at radius 1 is 1.36 bits per heavy atom. The smallest absolute Gasteiger partial charge is 0.311 e. The fourth-order valence-corrected chi connectivity index (χ4v) is 1.58. The summed E-state index contributed by atoms with van der Waals surface area (Å²) >= 11 is 0. The first-order valence-corrected chi connectivity index (χ1v) is 3.66. The summed E-state index contributed by atoms with van der Waals surface area (Å²) < 4.78 is 9.73. The van der Waals surface area contributed by atoms with E-state index in [0.29, 0.717) is 0 Å². The second-order valence-electron chi connectivity index (χ2n) is 3.48. The van der Waals surface area contributed by atoms with Crippen molar-refractivity contribution in [2.45, 2.75) is 20.0 Å². The number of carbonyl (C=O) groups is 1. The van der Waals surface area contributed by atoms with Gasteiger partial charge in [0.1, 0.15) is 0 Å². The number of rotatable bonds is 2. The minimum Gasteiger partial charge on any atom is -0.469 e. The molecule has 1 saturated carbocycles. The number of hydrogen-bond acceptors (Lipinski definition) is 3. The first kappa shape index (κ1) is 8.53. The molecule has 0 aromatic carbocycles. The van der Waals surface area contributed by atoms with Gasteiger partial charge in [-0.05, 0) is 0 Å². The molecule has 0 amide bonds. The molecule has 0 radical (unpaired) electrons. The number of ether oxygens (including phenoxy) is 2. The van der Waals surface area contributed by atoms with Gasteiger partial charge in [0.25, 0.3) is 0 Å². The van der Waals surface area contributed by atoms with Crippen LogP contribution in [0.1, 0.15) is 13.8 Å². The van der Waals surface area contributed by atoms with Crippen LogP contribution in [0.3, 0.4) is 0 Å². The molecule has 0 aromatic heterocycles. The van der Waals surface area contributed by atoms with E-state index in [1.807, 2.05) is 13.8 Å². The Kier molecular flexibility index (Phi) is 1.92. The summed E-state index contributed by atoms with van der Waals surface area (Å²) in [7, 11) is 3.03. The van der Waals surface area contributed by atoms with E-state index in [2.05, 4.69) is 4.74 Å². The Bertz CT molecular complexity index is 174. The molecule has 64 valence electrons. The highest BCUT2D eigenvalue weighted by Gasteiger charge is 2.63. The van der Waals surface area contributed by atoms with Gasteiger partial charge >= 0.3 is 5.97 Å². The van der Waals surface area contributed by atoms with Gasteiger partial charge in [0, 0.05) is 12.5 Å². The van der Waals surface area contributed by atoms with Crippen LogP contribution in [0.2, 0.25) is 0 Å². The largest absolute Gasteiger partial charge is 0.469 e. The average Bonchev–Trinajstić information content (AvgIpc) is 2.51. The molecule has 0 spiro atoms. The van der Waals surface area contributed by atoms with Gasteiger partial charge in [0.05, 0.1) is 19.1 Å². The monoisotopic (exact) mass is 158 g/mol. The van der Waals surface area contributed by atoms with Crippen molar-refractivity contribution in [3.63, 3.8) is 0 Å². The van der Waals surface area contributed by atoms with Crippen LogP contribution in [0.25, 0.3) is 0 Å². The standard InChI is InChI=1S/C8H14O3/c1-8(2)5(6(8)10-3)7(9)11-4/h5-6H,1-4H3/t5-,6+/m0/s1. The van der Waals surface area contributed by atoms with E-state index in [0.717, 1.165) is 0 Å². The predicted molar refractivity (Wildman–Crippen MR) is 40.1 cm³/mol. The Hall–Kier alpha value is -0.570. The van der Waals surface area contributed by atoms with E-state index in [1.54, 1.807) is 7.11 Å². The van der Waals surface area contributed by atoms with E-state index < -0.39 is 0 Å². The highest BCUT2D eigenvalue weighted by Crippen LogP contribution is 2.54. The summed E-state index contributed by atoms with van der Waals surface area (Å²) in [5.41, 5.74) is -0.0398. The van der Waals surface area contributed by atoms with Gasteiger partial charge in [0.2, 0.25) is 0 Å². The van der Waals surface area contributed by atoms with Crippen LogP contribution in [-0.4, -0.2) is 26.3 Å². The van der Waals surface area contributed by atoms with Gasteiger partial charge in [0.15, 0.2) is 0 Å². The molecule has 3 nitrogen and oxygen atoms in total. The zero-order valence-corrected chi connectivity index (χ0v) is 7.38. The van der Waals surface area contributed by atoms with Gasteiger partial charge in [-0.15, -0.1) is 0 Å². The lowest BCUT2D eigenvalue weighted by Gasteiger charge is -1.98. The van der Waals surface area contributed by atoms with Crippen LogP contribution >= 0.6 is 0 Å². The minimum absolute atomic E-state index is 0.0370. The lowest BCUT2D eigenvalue weighted by molar-refractivity contribution is -0.143. The van der Waals surface area contributed by atoms with Crippen molar-refractivity contribution in [1.82, 2.24) is 0 Å². The topological polar surface area (TPSA) is 35.5 Å². The van der Waals surface area contributed by atoms with Crippen molar-refractivity contribution in [2.24, 2.45) is 11.3 Å². The molecular formula is C8H14O3. The van der Waals surface area contributed by atoms with Crippen LogP contribution in [0.4, 0.5) is 0 Å². The molecule has 1 aliphatic carbocycles. The number of esters is 1. The zero-order chi connectivity index (χ0) is 8.65. The molecule has 0 aromatic rings. The van der Waals surface area contributed by atoms with Gasteiger partial charge in [-0.3, -0.25) is 4.79 Å². The first-order chi connectivity index (χ1) is 5.05.